The number of halogens is 2. The molecule has 0 aliphatic heterocycles. The van der Waals surface area contributed by atoms with Crippen LogP contribution in [0.3, 0.4) is 0 Å². The molecule has 3 heteroatoms. The predicted octanol–water partition coefficient (Wildman–Crippen LogP) is 2.84. The molecule has 0 N–H and O–H groups in total. The zero-order valence-corrected chi connectivity index (χ0v) is 9.98. The molecular formula is C6H14Br2S. The molecule has 0 saturated heterocycles. The molecule has 0 saturated carbocycles. The van der Waals surface area contributed by atoms with E-state index in [9.17, 15) is 0 Å². The summed E-state index contributed by atoms with van der Waals surface area (Å²) >= 11 is 6.92. The first-order chi connectivity index (χ1) is 4.12. The molecule has 0 nitrogen and oxygen atoms in total. The maximum Gasteiger partial charge on any atom is 0.0107 e. The normalized spacial score (nSPS) is 13.8. The van der Waals surface area contributed by atoms with Crippen LogP contribution < -0.4 is 0 Å². The van der Waals surface area contributed by atoms with Gasteiger partial charge in [0.15, 0.2) is 0 Å². The van der Waals surface area contributed by atoms with Crippen LogP contribution in [0.15, 0.2) is 0 Å². The van der Waals surface area contributed by atoms with Gasteiger partial charge in [-0.1, -0.05) is 31.9 Å². The highest BCUT2D eigenvalue weighted by molar-refractivity contribution is 9.09. The fraction of sp³-hybridized carbons (Fsp3) is 1.00. The standard InChI is InChI=1S/C6H14Br2S/c1-9(2,5-3-7)6-4-8/h3-6H2,1-2H3. The zero-order valence-electron chi connectivity index (χ0n) is 5.99. The van der Waals surface area contributed by atoms with Gasteiger partial charge in [-0.2, -0.15) is 0 Å². The van der Waals surface area contributed by atoms with E-state index in [4.69, 9.17) is 0 Å². The van der Waals surface area contributed by atoms with Crippen LogP contribution >= 0.6 is 41.9 Å². The third kappa shape index (κ3) is 5.74. The van der Waals surface area contributed by atoms with Gasteiger partial charge in [-0.05, 0) is 24.0 Å². The lowest BCUT2D eigenvalue weighted by atomic mass is 11.0. The molecule has 0 aromatic rings. The van der Waals surface area contributed by atoms with E-state index in [2.05, 4.69) is 44.4 Å². The van der Waals surface area contributed by atoms with E-state index in [0.29, 0.717) is 0 Å². The number of rotatable bonds is 4. The summed E-state index contributed by atoms with van der Waals surface area (Å²) in [6, 6.07) is 0. The smallest absolute Gasteiger partial charge is 0.0107 e. The minimum atomic E-state index is -0.275. The van der Waals surface area contributed by atoms with E-state index in [-0.39, 0.29) is 10.0 Å². The molecule has 0 bridgehead atoms. The van der Waals surface area contributed by atoms with E-state index in [1.165, 1.54) is 11.5 Å². The molecule has 0 aliphatic rings. The lowest BCUT2D eigenvalue weighted by Gasteiger charge is -2.29. The predicted molar refractivity (Wildman–Crippen MR) is 56.8 cm³/mol. The molecular weight excluding hydrogens is 264 g/mol. The highest BCUT2D eigenvalue weighted by Gasteiger charge is 2.08. The van der Waals surface area contributed by atoms with Crippen molar-refractivity contribution in [1.82, 2.24) is 0 Å². The Morgan fingerprint density at radius 3 is 1.56 bits per heavy atom. The number of hydrogen-bond donors (Lipinski definition) is 0. The van der Waals surface area contributed by atoms with Crippen LogP contribution in [-0.2, 0) is 0 Å². The fourth-order valence-corrected chi connectivity index (χ4v) is 6.82. The molecule has 0 radical (unpaired) electrons. The van der Waals surface area contributed by atoms with Crippen LogP contribution in [0.2, 0.25) is 0 Å². The molecule has 0 heterocycles. The minimum absolute atomic E-state index is 0.275. The molecule has 0 spiro atoms. The van der Waals surface area contributed by atoms with Crippen molar-refractivity contribution in [3.63, 3.8) is 0 Å². The Morgan fingerprint density at radius 2 is 1.33 bits per heavy atom. The van der Waals surface area contributed by atoms with E-state index in [0.717, 1.165) is 10.7 Å². The SMILES string of the molecule is CS(C)(CCBr)CCBr. The Morgan fingerprint density at radius 1 is 1.00 bits per heavy atom. The average molecular weight is 278 g/mol. The molecule has 0 fully saturated rings. The quantitative estimate of drug-likeness (QED) is 0.694. The topological polar surface area (TPSA) is 0 Å². The summed E-state index contributed by atoms with van der Waals surface area (Å²) in [4.78, 5) is 0. The van der Waals surface area contributed by atoms with E-state index < -0.39 is 0 Å². The third-order valence-electron chi connectivity index (χ3n) is 1.26. The van der Waals surface area contributed by atoms with Gasteiger partial charge in [-0.15, -0.1) is 0 Å². The molecule has 0 aromatic carbocycles. The molecule has 0 unspecified atom stereocenters. The van der Waals surface area contributed by atoms with Gasteiger partial charge < -0.3 is 0 Å². The Labute approximate surface area is 76.4 Å². The van der Waals surface area contributed by atoms with Gasteiger partial charge in [-0.3, -0.25) is 0 Å². The van der Waals surface area contributed by atoms with Crippen LogP contribution in [0.4, 0.5) is 0 Å². The number of hydrogen-bond acceptors (Lipinski definition) is 0. The van der Waals surface area contributed by atoms with Crippen molar-refractivity contribution < 1.29 is 0 Å². The first-order valence-corrected chi connectivity index (χ1v) is 7.96. The minimum Gasteiger partial charge on any atom is -0.245 e. The first kappa shape index (κ1) is 10.3. The summed E-state index contributed by atoms with van der Waals surface area (Å²) in [5, 5.41) is 2.31. The summed E-state index contributed by atoms with van der Waals surface area (Å²) in [5.74, 6) is 2.69. The van der Waals surface area contributed by atoms with E-state index in [1.54, 1.807) is 0 Å². The maximum atomic E-state index is 3.46. The van der Waals surface area contributed by atoms with Crippen molar-refractivity contribution in [2.45, 2.75) is 0 Å². The summed E-state index contributed by atoms with van der Waals surface area (Å²) in [6.45, 7) is 0. The summed E-state index contributed by atoms with van der Waals surface area (Å²) < 4.78 is 0. The Balaban J connectivity index is 3.43. The van der Waals surface area contributed by atoms with Crippen LogP contribution in [0, 0.1) is 0 Å². The molecule has 58 valence electrons. The third-order valence-corrected chi connectivity index (χ3v) is 5.72. The first-order valence-electron chi connectivity index (χ1n) is 2.93. The van der Waals surface area contributed by atoms with Gasteiger partial charge in [0.25, 0.3) is 0 Å². The van der Waals surface area contributed by atoms with Gasteiger partial charge in [0, 0.05) is 10.7 Å². The Bertz CT molecular complexity index is 65.5. The molecule has 0 atom stereocenters. The lowest BCUT2D eigenvalue weighted by Crippen LogP contribution is -2.07. The van der Waals surface area contributed by atoms with Crippen molar-refractivity contribution in [1.29, 1.82) is 0 Å². The van der Waals surface area contributed by atoms with Crippen molar-refractivity contribution in [3.8, 4) is 0 Å². The van der Waals surface area contributed by atoms with Crippen molar-refractivity contribution in [2.75, 3.05) is 34.7 Å². The largest absolute Gasteiger partial charge is 0.245 e. The van der Waals surface area contributed by atoms with Crippen molar-refractivity contribution in [2.24, 2.45) is 0 Å². The molecule has 0 amide bonds. The second-order valence-corrected chi connectivity index (χ2v) is 8.49. The molecule has 0 aliphatic carbocycles. The second-order valence-electron chi connectivity index (χ2n) is 2.55. The maximum absolute atomic E-state index is 3.46. The van der Waals surface area contributed by atoms with E-state index in [1.807, 2.05) is 0 Å². The Hall–Kier alpha value is 1.31. The summed E-state index contributed by atoms with van der Waals surface area (Å²) in [6.07, 6.45) is 4.77. The van der Waals surface area contributed by atoms with Gasteiger partial charge in [-0.25, -0.2) is 10.0 Å². The second kappa shape index (κ2) is 5.03. The highest BCUT2D eigenvalue weighted by Crippen LogP contribution is 2.39. The van der Waals surface area contributed by atoms with Crippen LogP contribution in [0.25, 0.3) is 0 Å². The summed E-state index contributed by atoms with van der Waals surface area (Å²) in [7, 11) is -0.275. The van der Waals surface area contributed by atoms with Crippen LogP contribution in [0.5, 0.6) is 0 Å². The van der Waals surface area contributed by atoms with Gasteiger partial charge >= 0.3 is 0 Å². The zero-order chi connectivity index (χ0) is 7.33. The fourth-order valence-electron chi connectivity index (χ4n) is 0.520. The lowest BCUT2D eigenvalue weighted by molar-refractivity contribution is 1.46. The van der Waals surface area contributed by atoms with Gasteiger partial charge in [0.1, 0.15) is 0 Å². The molecule has 0 rings (SSSR count). The average Bonchev–Trinajstić information content (AvgIpc) is 1.64. The van der Waals surface area contributed by atoms with Crippen LogP contribution in [0.1, 0.15) is 0 Å². The summed E-state index contributed by atoms with van der Waals surface area (Å²) in [5.41, 5.74) is 0. The highest BCUT2D eigenvalue weighted by atomic mass is 79.9. The van der Waals surface area contributed by atoms with Gasteiger partial charge in [0.05, 0.1) is 0 Å². The van der Waals surface area contributed by atoms with Crippen molar-refractivity contribution >= 4 is 41.9 Å². The van der Waals surface area contributed by atoms with E-state index >= 15 is 0 Å². The molecule has 9 heavy (non-hydrogen) atoms. The number of alkyl halides is 2. The Kier molecular flexibility index (Phi) is 5.76. The van der Waals surface area contributed by atoms with Gasteiger partial charge in [0.2, 0.25) is 0 Å². The molecule has 0 aromatic heterocycles. The van der Waals surface area contributed by atoms with Crippen LogP contribution in [-0.4, -0.2) is 34.7 Å². The monoisotopic (exact) mass is 276 g/mol. The van der Waals surface area contributed by atoms with Crippen molar-refractivity contribution in [3.05, 3.63) is 0 Å².